The maximum atomic E-state index is 11.9. The average Bonchev–Trinajstić information content (AvgIpc) is 2.01. The molecule has 0 aliphatic carbocycles. The lowest BCUT2D eigenvalue weighted by atomic mass is 9.92. The van der Waals surface area contributed by atoms with Crippen molar-refractivity contribution in [3.63, 3.8) is 0 Å². The van der Waals surface area contributed by atoms with Crippen LogP contribution in [0.25, 0.3) is 0 Å². The molecule has 0 N–H and O–H groups in total. The van der Waals surface area contributed by atoms with E-state index in [1.165, 1.54) is 0 Å². The van der Waals surface area contributed by atoms with Gasteiger partial charge in [0.2, 0.25) is 6.42 Å². The van der Waals surface area contributed by atoms with Crippen LogP contribution in [0.15, 0.2) is 0 Å². The molecule has 64 valence electrons. The highest BCUT2D eigenvalue weighted by Crippen LogP contribution is 2.25. The molecular weight excluding hydrogens is 166 g/mol. The van der Waals surface area contributed by atoms with Crippen molar-refractivity contribution in [2.75, 3.05) is 6.42 Å². The van der Waals surface area contributed by atoms with E-state index in [0.717, 1.165) is 0 Å². The summed E-state index contributed by atoms with van der Waals surface area (Å²) in [5.74, 6) is 0. The quantitative estimate of drug-likeness (QED) is 0.479. The highest BCUT2D eigenvalue weighted by atomic mass is 31.1. The molecule has 0 spiro atoms. The van der Waals surface area contributed by atoms with E-state index in [1.54, 1.807) is 20.8 Å². The maximum absolute atomic E-state index is 11.9. The first-order valence-corrected chi connectivity index (χ1v) is 4.71. The molecule has 0 heterocycles. The van der Waals surface area contributed by atoms with Gasteiger partial charge < -0.3 is 9.69 Å². The van der Waals surface area contributed by atoms with E-state index < -0.39 is 19.6 Å². The largest absolute Gasteiger partial charge is 0.628 e. The van der Waals surface area contributed by atoms with Crippen LogP contribution in [0.4, 0.5) is 4.39 Å². The molecule has 2 nitrogen and oxygen atoms in total. The Morgan fingerprint density at radius 1 is 1.73 bits per heavy atom. The van der Waals surface area contributed by atoms with Crippen LogP contribution < -0.4 is 4.89 Å². The fourth-order valence-electron chi connectivity index (χ4n) is 0.496. The van der Waals surface area contributed by atoms with Crippen LogP contribution >= 0.6 is 7.77 Å². The molecule has 11 heavy (non-hydrogen) atoms. The highest BCUT2D eigenvalue weighted by Gasteiger charge is 2.26. The van der Waals surface area contributed by atoms with Crippen molar-refractivity contribution in [1.29, 1.82) is 0 Å². The summed E-state index contributed by atoms with van der Waals surface area (Å²) < 4.78 is 11.9. The van der Waals surface area contributed by atoms with Crippen LogP contribution in [0, 0.1) is 5.41 Å². The Bertz CT molecular complexity index is 187. The summed E-state index contributed by atoms with van der Waals surface area (Å²) in [5.41, 5.74) is -0.764. The zero-order valence-electron chi connectivity index (χ0n) is 6.93. The van der Waals surface area contributed by atoms with Gasteiger partial charge in [0.1, 0.15) is 11.6 Å². The van der Waals surface area contributed by atoms with Gasteiger partial charge in [-0.3, -0.25) is 0 Å². The zero-order valence-corrected chi connectivity index (χ0v) is 7.82. The van der Waals surface area contributed by atoms with E-state index in [-0.39, 0.29) is 0 Å². The number of aldehydes is 1. The minimum absolute atomic E-state index is 0.421. The highest BCUT2D eigenvalue weighted by molar-refractivity contribution is 7.51. The molecule has 1 atom stereocenters. The van der Waals surface area contributed by atoms with Gasteiger partial charge in [0.15, 0.2) is 0 Å². The number of hydrogen-bond donors (Lipinski definition) is 0. The summed E-state index contributed by atoms with van der Waals surface area (Å²) in [6.07, 6.45) is -0.191. The van der Waals surface area contributed by atoms with Crippen LogP contribution in [-0.4, -0.2) is 18.0 Å². The second-order valence-electron chi connectivity index (χ2n) is 2.92. The minimum atomic E-state index is -1.96. The molecule has 0 rings (SSSR count). The molecule has 1 unspecified atom stereocenters. The van der Waals surface area contributed by atoms with Crippen molar-refractivity contribution in [1.82, 2.24) is 0 Å². The molecule has 4 heteroatoms. The van der Waals surface area contributed by atoms with Crippen LogP contribution in [0.2, 0.25) is 0 Å². The fraction of sp³-hybridized carbons (Fsp3) is 0.714. The number of alkyl halides is 1. The SMILES string of the molecule is CC(=[P+]([O-])CF)C(C)(C)C=O. The van der Waals surface area contributed by atoms with Crippen LogP contribution in [0.5, 0.6) is 0 Å². The molecular formula is C7H12FO2P. The predicted octanol–water partition coefficient (Wildman–Crippen LogP) is 1.09. The summed E-state index contributed by atoms with van der Waals surface area (Å²) in [6.45, 7) is 4.79. The third kappa shape index (κ3) is 2.68. The number of carbonyl (C=O) groups is 1. The van der Waals surface area contributed by atoms with Gasteiger partial charge in [0.05, 0.1) is 13.2 Å². The monoisotopic (exact) mass is 178 g/mol. The molecule has 0 amide bonds. The lowest BCUT2D eigenvalue weighted by Crippen LogP contribution is -2.24. The van der Waals surface area contributed by atoms with Gasteiger partial charge in [-0.15, -0.1) is 0 Å². The third-order valence-electron chi connectivity index (χ3n) is 1.71. The third-order valence-corrected chi connectivity index (χ3v) is 3.25. The van der Waals surface area contributed by atoms with Crippen LogP contribution in [0.3, 0.4) is 0 Å². The van der Waals surface area contributed by atoms with E-state index in [0.29, 0.717) is 11.6 Å². The Labute approximate surface area is 66.9 Å². The van der Waals surface area contributed by atoms with Crippen molar-refractivity contribution < 1.29 is 14.1 Å². The normalized spacial score (nSPS) is 14.3. The summed E-state index contributed by atoms with van der Waals surface area (Å²) in [7, 11) is -1.96. The number of halogens is 1. The van der Waals surface area contributed by atoms with E-state index >= 15 is 0 Å². The molecule has 0 saturated heterocycles. The van der Waals surface area contributed by atoms with E-state index in [4.69, 9.17) is 0 Å². The van der Waals surface area contributed by atoms with Gasteiger partial charge in [0, 0.05) is 0 Å². The van der Waals surface area contributed by atoms with Gasteiger partial charge >= 0.3 is 0 Å². The second kappa shape index (κ2) is 3.93. The minimum Gasteiger partial charge on any atom is -0.628 e. The Hall–Kier alpha value is -0.270. The average molecular weight is 178 g/mol. The lowest BCUT2D eigenvalue weighted by Gasteiger charge is -2.14. The predicted molar refractivity (Wildman–Crippen MR) is 43.4 cm³/mol. The van der Waals surface area contributed by atoms with Crippen LogP contribution in [-0.2, 0) is 4.79 Å². The summed E-state index contributed by atoms with van der Waals surface area (Å²) in [4.78, 5) is 21.3. The second-order valence-corrected chi connectivity index (χ2v) is 4.59. The molecule has 0 fully saturated rings. The maximum Gasteiger partial charge on any atom is 0.238 e. The standard InChI is InChI=1S/C7H12FO2P/c1-6(11(10)5-8)7(2,3)4-9/h4H,5H2,1-3H3. The molecule has 0 bridgehead atoms. The lowest BCUT2D eigenvalue weighted by molar-refractivity contribution is -0.154. The zero-order chi connectivity index (χ0) is 9.07. The molecule has 0 aromatic rings. The van der Waals surface area contributed by atoms with E-state index in [2.05, 4.69) is 0 Å². The van der Waals surface area contributed by atoms with E-state index in [1.807, 2.05) is 0 Å². The van der Waals surface area contributed by atoms with E-state index in [9.17, 15) is 14.1 Å². The van der Waals surface area contributed by atoms with Crippen molar-refractivity contribution >= 4 is 19.4 Å². The van der Waals surface area contributed by atoms with Gasteiger partial charge in [-0.05, 0) is 20.8 Å². The Balaban J connectivity index is 4.71. The van der Waals surface area contributed by atoms with Crippen molar-refractivity contribution in [2.45, 2.75) is 20.8 Å². The smallest absolute Gasteiger partial charge is 0.238 e. The Morgan fingerprint density at radius 2 is 2.18 bits per heavy atom. The molecule has 0 saturated carbocycles. The molecule has 0 aliphatic rings. The van der Waals surface area contributed by atoms with Crippen molar-refractivity contribution in [2.24, 2.45) is 5.41 Å². The van der Waals surface area contributed by atoms with Gasteiger partial charge in [0.25, 0.3) is 0 Å². The Kier molecular flexibility index (Phi) is 3.84. The van der Waals surface area contributed by atoms with Gasteiger partial charge in [-0.1, -0.05) is 0 Å². The first-order valence-electron chi connectivity index (χ1n) is 3.26. The van der Waals surface area contributed by atoms with Gasteiger partial charge in [-0.25, -0.2) is 0 Å². The molecule has 0 aromatic carbocycles. The number of carbonyl (C=O) groups excluding carboxylic acids is 1. The topological polar surface area (TPSA) is 40.1 Å². The van der Waals surface area contributed by atoms with Gasteiger partial charge in [-0.2, -0.15) is 4.39 Å². The molecule has 0 aliphatic heterocycles. The number of rotatable bonds is 3. The van der Waals surface area contributed by atoms with Crippen LogP contribution in [0.1, 0.15) is 20.8 Å². The first-order chi connectivity index (χ1) is 4.95. The summed E-state index contributed by atoms with van der Waals surface area (Å²) >= 11 is 0. The molecule has 0 aromatic heterocycles. The first kappa shape index (κ1) is 10.7. The summed E-state index contributed by atoms with van der Waals surface area (Å²) in [5, 5.41) is 0.421. The fourth-order valence-corrected chi connectivity index (χ4v) is 1.37. The molecule has 0 radical (unpaired) electrons. The number of hydrogen-bond acceptors (Lipinski definition) is 2. The summed E-state index contributed by atoms with van der Waals surface area (Å²) in [6, 6.07) is 0. The Morgan fingerprint density at radius 3 is 2.45 bits per heavy atom. The van der Waals surface area contributed by atoms with Crippen molar-refractivity contribution in [3.8, 4) is 0 Å². The van der Waals surface area contributed by atoms with Crippen molar-refractivity contribution in [3.05, 3.63) is 0 Å².